The maximum atomic E-state index is 12.6. The van der Waals surface area contributed by atoms with Crippen LogP contribution in [0, 0.1) is 0 Å². The number of likely N-dealkylation sites (tertiary alicyclic amines) is 1. The Bertz CT molecular complexity index is 1000. The predicted molar refractivity (Wildman–Crippen MR) is 114 cm³/mol. The number of amides is 1. The van der Waals surface area contributed by atoms with Gasteiger partial charge in [0.2, 0.25) is 0 Å². The highest BCUT2D eigenvalue weighted by Gasteiger charge is 2.19. The van der Waals surface area contributed by atoms with Gasteiger partial charge in [-0.15, -0.1) is 0 Å². The van der Waals surface area contributed by atoms with E-state index in [1.54, 1.807) is 18.2 Å². The van der Waals surface area contributed by atoms with Gasteiger partial charge < -0.3 is 9.88 Å². The van der Waals surface area contributed by atoms with Crippen LogP contribution in [0.15, 0.2) is 42.5 Å². The van der Waals surface area contributed by atoms with Crippen LogP contribution in [0.5, 0.6) is 0 Å². The molecule has 0 bridgehead atoms. The van der Waals surface area contributed by atoms with Gasteiger partial charge in [0.25, 0.3) is 5.91 Å². The van der Waals surface area contributed by atoms with Gasteiger partial charge in [-0.25, -0.2) is 4.98 Å². The number of anilines is 1. The van der Waals surface area contributed by atoms with Gasteiger partial charge in [0.15, 0.2) is 0 Å². The summed E-state index contributed by atoms with van der Waals surface area (Å²) in [6, 6.07) is 13.3. The Labute approximate surface area is 170 Å². The van der Waals surface area contributed by atoms with Crippen molar-refractivity contribution < 1.29 is 4.79 Å². The van der Waals surface area contributed by atoms with E-state index in [1.165, 1.54) is 12.8 Å². The summed E-state index contributed by atoms with van der Waals surface area (Å²) in [5.74, 6) is 0.868. The molecule has 1 amide bonds. The topological polar surface area (TPSA) is 50.2 Å². The first kappa shape index (κ1) is 19.0. The molecule has 5 nitrogen and oxygen atoms in total. The summed E-state index contributed by atoms with van der Waals surface area (Å²) in [7, 11) is 0. The van der Waals surface area contributed by atoms with E-state index in [2.05, 4.69) is 28.6 Å². The molecular weight excluding hydrogens is 372 g/mol. The van der Waals surface area contributed by atoms with Crippen LogP contribution in [-0.2, 0) is 6.54 Å². The number of imidazole rings is 1. The second-order valence-electron chi connectivity index (χ2n) is 7.61. The summed E-state index contributed by atoms with van der Waals surface area (Å²) in [5, 5.41) is 3.38. The van der Waals surface area contributed by atoms with Crippen LogP contribution < -0.4 is 5.32 Å². The summed E-state index contributed by atoms with van der Waals surface area (Å²) >= 11 is 6.14. The van der Waals surface area contributed by atoms with Crippen LogP contribution in [0.3, 0.4) is 0 Å². The average molecular weight is 397 g/mol. The average Bonchev–Trinajstić information content (AvgIpc) is 3.29. The molecule has 4 rings (SSSR count). The fraction of sp³-hybridized carbons (Fsp3) is 0.364. The fourth-order valence-electron chi connectivity index (χ4n) is 3.90. The third-order valence-electron chi connectivity index (χ3n) is 5.22. The van der Waals surface area contributed by atoms with E-state index in [9.17, 15) is 4.79 Å². The lowest BCUT2D eigenvalue weighted by molar-refractivity contribution is 0.102. The highest BCUT2D eigenvalue weighted by molar-refractivity contribution is 6.34. The second-order valence-corrected chi connectivity index (χ2v) is 8.02. The van der Waals surface area contributed by atoms with Gasteiger partial charge in [0.05, 0.1) is 28.2 Å². The first-order valence-electron chi connectivity index (χ1n) is 9.82. The summed E-state index contributed by atoms with van der Waals surface area (Å²) in [6.45, 7) is 7.51. The SMILES string of the molecule is CC(C)n1c(CN2CCCC2)nc2cc(NC(=O)c3ccccc3Cl)ccc21. The summed E-state index contributed by atoms with van der Waals surface area (Å²) in [6.07, 6.45) is 2.53. The Morgan fingerprint density at radius 2 is 1.93 bits per heavy atom. The van der Waals surface area contributed by atoms with Crippen molar-refractivity contribution in [2.24, 2.45) is 0 Å². The third-order valence-corrected chi connectivity index (χ3v) is 5.55. The fourth-order valence-corrected chi connectivity index (χ4v) is 4.12. The number of benzene rings is 2. The minimum absolute atomic E-state index is 0.217. The van der Waals surface area contributed by atoms with Crippen molar-refractivity contribution in [2.45, 2.75) is 39.3 Å². The number of nitrogens with one attached hydrogen (secondary N) is 1. The standard InChI is InChI=1S/C22H25ClN4O/c1-15(2)27-20-10-9-16(24-22(28)17-7-3-4-8-18(17)23)13-19(20)25-21(27)14-26-11-5-6-12-26/h3-4,7-10,13,15H,5-6,11-12,14H2,1-2H3,(H,24,28). The number of fused-ring (bicyclic) bond motifs is 1. The molecule has 1 fully saturated rings. The Balaban J connectivity index is 1.63. The predicted octanol–water partition coefficient (Wildman–Crippen LogP) is 5.12. The van der Waals surface area contributed by atoms with E-state index >= 15 is 0 Å². The van der Waals surface area contributed by atoms with Gasteiger partial charge in [-0.2, -0.15) is 0 Å². The Hall–Kier alpha value is -2.37. The number of hydrogen-bond acceptors (Lipinski definition) is 3. The molecule has 146 valence electrons. The molecular formula is C22H25ClN4O. The van der Waals surface area contributed by atoms with Crippen LogP contribution >= 0.6 is 11.6 Å². The van der Waals surface area contributed by atoms with Crippen molar-refractivity contribution in [1.29, 1.82) is 0 Å². The first-order valence-corrected chi connectivity index (χ1v) is 10.2. The lowest BCUT2D eigenvalue weighted by atomic mass is 10.2. The van der Waals surface area contributed by atoms with E-state index in [-0.39, 0.29) is 5.91 Å². The van der Waals surface area contributed by atoms with Crippen LogP contribution in [-0.4, -0.2) is 33.4 Å². The molecule has 2 aromatic carbocycles. The molecule has 3 aromatic rings. The van der Waals surface area contributed by atoms with Crippen LogP contribution in [0.1, 0.15) is 48.9 Å². The molecule has 2 heterocycles. The van der Waals surface area contributed by atoms with Crippen LogP contribution in [0.2, 0.25) is 5.02 Å². The number of carbonyl (C=O) groups excluding carboxylic acids is 1. The third kappa shape index (κ3) is 3.77. The Kier molecular flexibility index (Phi) is 5.38. The summed E-state index contributed by atoms with van der Waals surface area (Å²) in [4.78, 5) is 19.9. The molecule has 6 heteroatoms. The van der Waals surface area contributed by atoms with Crippen molar-refractivity contribution in [2.75, 3.05) is 18.4 Å². The van der Waals surface area contributed by atoms with Crippen molar-refractivity contribution in [3.63, 3.8) is 0 Å². The Morgan fingerprint density at radius 1 is 1.18 bits per heavy atom. The molecule has 0 spiro atoms. The van der Waals surface area contributed by atoms with E-state index in [4.69, 9.17) is 16.6 Å². The van der Waals surface area contributed by atoms with E-state index < -0.39 is 0 Å². The van der Waals surface area contributed by atoms with Crippen LogP contribution in [0.25, 0.3) is 11.0 Å². The van der Waals surface area contributed by atoms with Gasteiger partial charge in [-0.05, 0) is 70.1 Å². The molecule has 1 aliphatic rings. The summed E-state index contributed by atoms with van der Waals surface area (Å²) < 4.78 is 2.30. The quantitative estimate of drug-likeness (QED) is 0.651. The number of halogens is 1. The minimum atomic E-state index is -0.217. The molecule has 0 unspecified atom stereocenters. The molecule has 0 atom stereocenters. The highest BCUT2D eigenvalue weighted by Crippen LogP contribution is 2.26. The molecule has 0 saturated carbocycles. The molecule has 0 aliphatic carbocycles. The minimum Gasteiger partial charge on any atom is -0.324 e. The van der Waals surface area contributed by atoms with Crippen molar-refractivity contribution in [3.05, 3.63) is 58.9 Å². The Morgan fingerprint density at radius 3 is 2.64 bits per heavy atom. The smallest absolute Gasteiger partial charge is 0.257 e. The number of aromatic nitrogens is 2. The summed E-state index contributed by atoms with van der Waals surface area (Å²) in [5.41, 5.74) is 3.19. The maximum absolute atomic E-state index is 12.6. The lowest BCUT2D eigenvalue weighted by Crippen LogP contribution is -2.21. The molecule has 1 N–H and O–H groups in total. The van der Waals surface area contributed by atoms with Crippen molar-refractivity contribution in [3.8, 4) is 0 Å². The zero-order valence-corrected chi connectivity index (χ0v) is 17.0. The molecule has 0 radical (unpaired) electrons. The van der Waals surface area contributed by atoms with Crippen molar-refractivity contribution in [1.82, 2.24) is 14.5 Å². The molecule has 1 aromatic heterocycles. The monoisotopic (exact) mass is 396 g/mol. The second kappa shape index (κ2) is 7.94. The van der Waals surface area contributed by atoms with Gasteiger partial charge in [0, 0.05) is 11.7 Å². The zero-order chi connectivity index (χ0) is 19.7. The van der Waals surface area contributed by atoms with E-state index in [0.717, 1.165) is 42.2 Å². The molecule has 1 aliphatic heterocycles. The normalized spacial score (nSPS) is 14.9. The zero-order valence-electron chi connectivity index (χ0n) is 16.3. The van der Waals surface area contributed by atoms with Gasteiger partial charge in [-0.3, -0.25) is 9.69 Å². The molecule has 1 saturated heterocycles. The van der Waals surface area contributed by atoms with Gasteiger partial charge in [-0.1, -0.05) is 23.7 Å². The number of carbonyl (C=O) groups is 1. The van der Waals surface area contributed by atoms with Gasteiger partial charge in [0.1, 0.15) is 5.82 Å². The highest BCUT2D eigenvalue weighted by atomic mass is 35.5. The maximum Gasteiger partial charge on any atom is 0.257 e. The first-order chi connectivity index (χ1) is 13.5. The number of rotatable bonds is 5. The van der Waals surface area contributed by atoms with E-state index in [1.807, 2.05) is 24.3 Å². The largest absolute Gasteiger partial charge is 0.324 e. The lowest BCUT2D eigenvalue weighted by Gasteiger charge is -2.18. The van der Waals surface area contributed by atoms with Gasteiger partial charge >= 0.3 is 0 Å². The molecule has 28 heavy (non-hydrogen) atoms. The van der Waals surface area contributed by atoms with Crippen LogP contribution in [0.4, 0.5) is 5.69 Å². The van der Waals surface area contributed by atoms with E-state index in [0.29, 0.717) is 16.6 Å². The van der Waals surface area contributed by atoms with Crippen molar-refractivity contribution >= 4 is 34.2 Å². The number of hydrogen-bond donors (Lipinski definition) is 1. The number of nitrogens with zero attached hydrogens (tertiary/aromatic N) is 3.